The van der Waals surface area contributed by atoms with Crippen LogP contribution >= 0.6 is 0 Å². The number of unbranched alkanes of at least 4 members (excludes halogenated alkanes) is 1. The first kappa shape index (κ1) is 47.9. The molecule has 13 atom stereocenters. The number of hydrogen-bond acceptors (Lipinski definition) is 15. The molecule has 3 aliphatic rings. The maximum atomic E-state index is 14.6. The summed E-state index contributed by atoms with van der Waals surface area (Å²) in [5, 5.41) is 33.7. The number of ether oxygens (including phenoxy) is 5. The van der Waals surface area contributed by atoms with Crippen molar-refractivity contribution in [1.29, 1.82) is 5.26 Å². The number of nitriles is 1. The summed E-state index contributed by atoms with van der Waals surface area (Å²) in [5.74, 6) is -4.00. The zero-order valence-electron chi connectivity index (χ0n) is 37.6. The number of cyclic esters (lactones) is 1. The number of nitrogens with one attached hydrogen (secondary N) is 1. The number of benzene rings is 1. The number of hydrogen-bond donors (Lipinski definition) is 3. The van der Waals surface area contributed by atoms with E-state index in [9.17, 15) is 24.8 Å². The number of rotatable bonds is 12. The standard InChI is InChI=1S/C44H68N8O9/c1-11-35-44(7)38(52(42(56)61-44)20-13-12-19-51-25-33(48-49-51)30-15-14-16-31(46)22-30)29(5)47-24-26(2)23-43(6,57-10)39(28(4)36(53)32(17-18-45)40(55)59-35)60-41-37(54)34(50(8)9)21-27(3)58-41/h14-16,22,25-29,32,34-35,37-39,41,47,54H,11-13,17,19-21,23-24,46H2,1-10H3/t26-,27-,28+,29-,32-,34?,35-,37?,38-,39-,41+,43-,44-/m1/s1. The monoisotopic (exact) mass is 853 g/mol. The Balaban J connectivity index is 1.42. The molecule has 61 heavy (non-hydrogen) atoms. The van der Waals surface area contributed by atoms with Crippen LogP contribution in [0.5, 0.6) is 0 Å². The van der Waals surface area contributed by atoms with Gasteiger partial charge in [-0.2, -0.15) is 5.26 Å². The second kappa shape index (κ2) is 20.3. The number of nitrogens with two attached hydrogens (primary N) is 1. The number of aromatic nitrogens is 3. The molecule has 0 saturated carbocycles. The lowest BCUT2D eigenvalue weighted by Gasteiger charge is -2.46. The number of methoxy groups -OCH3 is 1. The van der Waals surface area contributed by atoms with Crippen LogP contribution in [-0.2, 0) is 39.8 Å². The summed E-state index contributed by atoms with van der Waals surface area (Å²) in [5.41, 5.74) is 5.74. The number of carbonyl (C=O) groups excluding carboxylic acids is 3. The van der Waals surface area contributed by atoms with Gasteiger partial charge in [0.1, 0.15) is 23.8 Å². The summed E-state index contributed by atoms with van der Waals surface area (Å²) < 4.78 is 33.2. The fourth-order valence-electron chi connectivity index (χ4n) is 9.63. The van der Waals surface area contributed by atoms with Crippen LogP contribution in [-0.4, -0.2) is 142 Å². The molecule has 5 rings (SSSR count). The van der Waals surface area contributed by atoms with Gasteiger partial charge in [-0.25, -0.2) is 4.79 Å². The second-order valence-electron chi connectivity index (χ2n) is 18.0. The van der Waals surface area contributed by atoms with Gasteiger partial charge in [-0.1, -0.05) is 38.1 Å². The smallest absolute Gasteiger partial charge is 0.410 e. The van der Waals surface area contributed by atoms with Crippen LogP contribution in [0.4, 0.5) is 10.5 Å². The average Bonchev–Trinajstić information content (AvgIpc) is 3.80. The highest BCUT2D eigenvalue weighted by molar-refractivity contribution is 6.00. The van der Waals surface area contributed by atoms with E-state index in [1.165, 1.54) is 0 Å². The molecule has 2 unspecified atom stereocenters. The Morgan fingerprint density at radius 1 is 1.13 bits per heavy atom. The molecule has 1 amide bonds. The van der Waals surface area contributed by atoms with E-state index in [0.29, 0.717) is 56.7 Å². The highest BCUT2D eigenvalue weighted by atomic mass is 16.7. The van der Waals surface area contributed by atoms with E-state index < -0.39 is 77.9 Å². The number of likely N-dealkylation sites (N-methyl/N-ethyl adjacent to an activating group) is 1. The van der Waals surface area contributed by atoms with Crippen molar-refractivity contribution in [1.82, 2.24) is 30.1 Å². The molecule has 0 radical (unpaired) electrons. The minimum absolute atomic E-state index is 0.0658. The number of nitrogens with zero attached hydrogens (tertiary/aromatic N) is 6. The Kier molecular flexibility index (Phi) is 16.0. The third-order valence-corrected chi connectivity index (χ3v) is 13.0. The summed E-state index contributed by atoms with van der Waals surface area (Å²) in [7, 11) is 5.31. The van der Waals surface area contributed by atoms with Crippen molar-refractivity contribution in [2.45, 2.75) is 154 Å². The van der Waals surface area contributed by atoms with E-state index in [4.69, 9.17) is 29.4 Å². The van der Waals surface area contributed by atoms with Crippen molar-refractivity contribution in [2.24, 2.45) is 17.8 Å². The highest BCUT2D eigenvalue weighted by Crippen LogP contribution is 2.40. The van der Waals surface area contributed by atoms with Gasteiger partial charge in [0.15, 0.2) is 17.7 Å². The third-order valence-electron chi connectivity index (χ3n) is 13.0. The zero-order chi connectivity index (χ0) is 44.8. The molecule has 338 valence electrons. The second-order valence-corrected chi connectivity index (χ2v) is 18.0. The zero-order valence-corrected chi connectivity index (χ0v) is 37.6. The van der Waals surface area contributed by atoms with Crippen LogP contribution in [0.2, 0.25) is 0 Å². The minimum Gasteiger partial charge on any atom is -0.457 e. The van der Waals surface area contributed by atoms with E-state index in [1.54, 1.807) is 30.5 Å². The number of anilines is 1. The summed E-state index contributed by atoms with van der Waals surface area (Å²) in [6.07, 6.45) is -0.922. The molecule has 4 N–H and O–H groups in total. The number of aliphatic hydroxyl groups is 1. The molecule has 4 heterocycles. The first-order valence-corrected chi connectivity index (χ1v) is 21.7. The normalized spacial score (nSPS) is 35.5. The lowest BCUT2D eigenvalue weighted by molar-refractivity contribution is -0.295. The molecule has 1 aromatic carbocycles. The van der Waals surface area contributed by atoms with Crippen molar-refractivity contribution in [2.75, 3.05) is 40.0 Å². The Morgan fingerprint density at radius 3 is 2.51 bits per heavy atom. The van der Waals surface area contributed by atoms with Gasteiger partial charge in [0.05, 0.1) is 42.5 Å². The number of esters is 1. The SMILES string of the molecule is CC[C@H]1OC(=O)[C@H](CC#N)C(=O)[C@H](C)[C@@H](O[C@@H]2O[C@H](C)CC(N(C)C)C2O)[C@](C)(OC)C[C@@H](C)CN[C@H](C)[C@H]2N(CCCCn3cc(-c4cccc(N)c4)nn3)C(=O)O[C@]12C. The van der Waals surface area contributed by atoms with Crippen LogP contribution in [0.1, 0.15) is 87.0 Å². The van der Waals surface area contributed by atoms with Crippen LogP contribution in [0, 0.1) is 29.1 Å². The Hall–Kier alpha value is -4.18. The maximum Gasteiger partial charge on any atom is 0.410 e. The summed E-state index contributed by atoms with van der Waals surface area (Å²) >= 11 is 0. The van der Waals surface area contributed by atoms with E-state index in [2.05, 4.69) is 22.6 Å². The van der Waals surface area contributed by atoms with Crippen molar-refractivity contribution >= 4 is 23.5 Å². The Bertz CT molecular complexity index is 1860. The third kappa shape index (κ3) is 10.7. The van der Waals surface area contributed by atoms with Crippen molar-refractivity contribution in [3.63, 3.8) is 0 Å². The minimum atomic E-state index is -1.48. The molecule has 17 heteroatoms. The topological polar surface area (TPSA) is 217 Å². The van der Waals surface area contributed by atoms with E-state index in [-0.39, 0.29) is 30.5 Å². The molecular formula is C44H68N8O9. The maximum absolute atomic E-state index is 14.6. The molecule has 0 bridgehead atoms. The Morgan fingerprint density at radius 2 is 1.85 bits per heavy atom. The number of aliphatic hydroxyl groups excluding tert-OH is 1. The Labute approximate surface area is 360 Å². The van der Waals surface area contributed by atoms with Gasteiger partial charge >= 0.3 is 12.1 Å². The summed E-state index contributed by atoms with van der Waals surface area (Å²) in [4.78, 5) is 46.4. The largest absolute Gasteiger partial charge is 0.457 e. The number of carbonyl (C=O) groups is 3. The number of amides is 1. The molecule has 0 aliphatic carbocycles. The lowest BCUT2D eigenvalue weighted by Crippen LogP contribution is -2.61. The van der Waals surface area contributed by atoms with Gasteiger partial charge in [-0.05, 0) is 98.5 Å². The number of ketones is 1. The first-order valence-electron chi connectivity index (χ1n) is 21.7. The van der Waals surface area contributed by atoms with Crippen molar-refractivity contribution < 1.29 is 43.2 Å². The molecule has 3 fully saturated rings. The molecule has 3 saturated heterocycles. The van der Waals surface area contributed by atoms with Gasteiger partial charge in [-0.15, -0.1) is 5.10 Å². The number of Topliss-reactive ketones (excluding diaryl/α,β-unsaturated/α-hetero) is 1. The molecule has 1 aromatic heterocycles. The van der Waals surface area contributed by atoms with Crippen LogP contribution in [0.25, 0.3) is 11.3 Å². The number of nitrogen functional groups attached to an aromatic ring is 1. The van der Waals surface area contributed by atoms with Gasteiger partial charge in [0.25, 0.3) is 0 Å². The van der Waals surface area contributed by atoms with Crippen molar-refractivity contribution in [3.05, 3.63) is 30.5 Å². The van der Waals surface area contributed by atoms with Crippen LogP contribution < -0.4 is 11.1 Å². The summed E-state index contributed by atoms with van der Waals surface area (Å²) in [6, 6.07) is 8.26. The van der Waals surface area contributed by atoms with Crippen LogP contribution in [0.3, 0.4) is 0 Å². The number of aryl methyl sites for hydroxylation is 1. The van der Waals surface area contributed by atoms with Gasteiger partial charge in [0, 0.05) is 49.5 Å². The highest BCUT2D eigenvalue weighted by Gasteiger charge is 2.59. The van der Waals surface area contributed by atoms with Crippen LogP contribution in [0.15, 0.2) is 30.5 Å². The lowest BCUT2D eigenvalue weighted by atomic mass is 9.77. The molecule has 0 spiro atoms. The van der Waals surface area contributed by atoms with Gasteiger partial charge < -0.3 is 44.7 Å². The van der Waals surface area contributed by atoms with Gasteiger partial charge in [0.2, 0.25) is 0 Å². The van der Waals surface area contributed by atoms with Crippen molar-refractivity contribution in [3.8, 4) is 17.3 Å². The first-order chi connectivity index (χ1) is 28.9. The van der Waals surface area contributed by atoms with E-state index >= 15 is 0 Å². The number of fused-ring (bicyclic) bond motifs is 1. The summed E-state index contributed by atoms with van der Waals surface area (Å²) in [6.45, 7) is 14.5. The molecule has 2 aromatic rings. The fourth-order valence-corrected chi connectivity index (χ4v) is 9.63. The van der Waals surface area contributed by atoms with Gasteiger partial charge in [-0.3, -0.25) is 19.2 Å². The molecular weight excluding hydrogens is 785 g/mol. The predicted octanol–water partition coefficient (Wildman–Crippen LogP) is 4.18. The average molecular weight is 853 g/mol. The predicted molar refractivity (Wildman–Crippen MR) is 227 cm³/mol. The van der Waals surface area contributed by atoms with E-state index in [0.717, 1.165) is 5.56 Å². The van der Waals surface area contributed by atoms with E-state index in [1.807, 2.05) is 83.2 Å². The molecule has 17 nitrogen and oxygen atoms in total. The fraction of sp³-hybridized carbons (Fsp3) is 0.727. The molecule has 3 aliphatic heterocycles. The quantitative estimate of drug-likeness (QED) is 0.118.